The molecule has 0 aliphatic carbocycles. The lowest BCUT2D eigenvalue weighted by Gasteiger charge is -2.27. The Morgan fingerprint density at radius 3 is 2.71 bits per heavy atom. The van der Waals surface area contributed by atoms with Crippen LogP contribution in [0.25, 0.3) is 0 Å². The lowest BCUT2D eigenvalue weighted by molar-refractivity contribution is 0.159. The Labute approximate surface area is 128 Å². The van der Waals surface area contributed by atoms with Crippen molar-refractivity contribution in [1.29, 1.82) is 0 Å². The second-order valence-electron chi connectivity index (χ2n) is 5.61. The zero-order valence-corrected chi connectivity index (χ0v) is 13.1. The van der Waals surface area contributed by atoms with Gasteiger partial charge in [-0.05, 0) is 50.5 Å². The number of likely N-dealkylation sites (tertiary alicyclic amines) is 1. The molecule has 3 nitrogen and oxygen atoms in total. The van der Waals surface area contributed by atoms with Crippen molar-refractivity contribution in [2.24, 2.45) is 5.73 Å². The first-order chi connectivity index (χ1) is 10.2. The lowest BCUT2D eigenvalue weighted by Crippen LogP contribution is -2.37. The number of nitrogens with zero attached hydrogens (tertiary/aromatic N) is 1. The summed E-state index contributed by atoms with van der Waals surface area (Å²) in [7, 11) is 0. The van der Waals surface area contributed by atoms with Crippen molar-refractivity contribution in [3.63, 3.8) is 0 Å². The van der Waals surface area contributed by atoms with Crippen molar-refractivity contribution in [2.75, 3.05) is 19.7 Å². The van der Waals surface area contributed by atoms with Crippen molar-refractivity contribution < 1.29 is 4.74 Å². The van der Waals surface area contributed by atoms with Crippen LogP contribution in [0.4, 0.5) is 0 Å². The predicted molar refractivity (Wildman–Crippen MR) is 87.4 cm³/mol. The lowest BCUT2D eigenvalue weighted by atomic mass is 10.1. The Morgan fingerprint density at radius 2 is 2.05 bits per heavy atom. The van der Waals surface area contributed by atoms with Gasteiger partial charge in [0.2, 0.25) is 0 Å². The summed E-state index contributed by atoms with van der Waals surface area (Å²) in [5.41, 5.74) is 6.34. The molecule has 1 saturated heterocycles. The highest BCUT2D eigenvalue weighted by Crippen LogP contribution is 2.25. The minimum absolute atomic E-state index is 0.394. The average molecular weight is 286 g/mol. The molecular weight excluding hydrogens is 260 g/mol. The molecule has 1 aromatic rings. The smallest absolute Gasteiger partial charge is 0.119 e. The van der Waals surface area contributed by atoms with E-state index in [1.165, 1.54) is 19.3 Å². The van der Waals surface area contributed by atoms with Gasteiger partial charge in [-0.3, -0.25) is 4.90 Å². The predicted octanol–water partition coefficient (Wildman–Crippen LogP) is 2.64. The maximum Gasteiger partial charge on any atom is 0.119 e. The Balaban J connectivity index is 1.80. The largest absolute Gasteiger partial charge is 0.492 e. The number of nitrogens with two attached hydrogens (primary N) is 1. The summed E-state index contributed by atoms with van der Waals surface area (Å²) in [6.07, 6.45) is 3.87. The van der Waals surface area contributed by atoms with Gasteiger partial charge in [0.25, 0.3) is 0 Å². The van der Waals surface area contributed by atoms with Gasteiger partial charge in [0.15, 0.2) is 0 Å². The van der Waals surface area contributed by atoms with Gasteiger partial charge in [-0.2, -0.15) is 0 Å². The quantitative estimate of drug-likeness (QED) is 0.846. The molecule has 0 saturated carbocycles. The van der Waals surface area contributed by atoms with E-state index >= 15 is 0 Å². The van der Waals surface area contributed by atoms with E-state index in [1.54, 1.807) is 0 Å². The van der Waals surface area contributed by atoms with E-state index in [9.17, 15) is 0 Å². The van der Waals surface area contributed by atoms with E-state index in [2.05, 4.69) is 30.6 Å². The van der Waals surface area contributed by atoms with E-state index in [-0.39, 0.29) is 0 Å². The molecule has 2 atom stereocenters. The first-order valence-electron chi connectivity index (χ1n) is 7.92. The van der Waals surface area contributed by atoms with Gasteiger partial charge in [-0.15, -0.1) is 0 Å². The van der Waals surface area contributed by atoms with Crippen LogP contribution in [0.5, 0.6) is 5.75 Å². The van der Waals surface area contributed by atoms with Crippen LogP contribution in [0, 0.1) is 11.8 Å². The monoisotopic (exact) mass is 286 g/mol. The van der Waals surface area contributed by atoms with Crippen molar-refractivity contribution in [2.45, 2.75) is 45.2 Å². The molecule has 0 spiro atoms. The fourth-order valence-corrected chi connectivity index (χ4v) is 3.02. The number of hydrogen-bond donors (Lipinski definition) is 1. The summed E-state index contributed by atoms with van der Waals surface area (Å²) in [5, 5.41) is 0. The third-order valence-electron chi connectivity index (χ3n) is 4.23. The normalized spacial score (nSPS) is 21.9. The van der Waals surface area contributed by atoms with Crippen LogP contribution < -0.4 is 10.5 Å². The van der Waals surface area contributed by atoms with Crippen LogP contribution in [-0.2, 0) is 0 Å². The van der Waals surface area contributed by atoms with Crippen LogP contribution in [0.3, 0.4) is 0 Å². The zero-order valence-electron chi connectivity index (χ0n) is 13.1. The molecule has 0 aromatic heterocycles. The van der Waals surface area contributed by atoms with Gasteiger partial charge in [0.1, 0.15) is 12.4 Å². The van der Waals surface area contributed by atoms with E-state index in [0.29, 0.717) is 12.6 Å². The van der Waals surface area contributed by atoms with Gasteiger partial charge in [-0.1, -0.05) is 18.8 Å². The van der Waals surface area contributed by atoms with Gasteiger partial charge in [0.05, 0.1) is 6.54 Å². The molecule has 1 aromatic carbocycles. The molecule has 0 bridgehead atoms. The molecule has 2 unspecified atom stereocenters. The molecule has 1 fully saturated rings. The molecule has 3 heteroatoms. The minimum Gasteiger partial charge on any atom is -0.492 e. The van der Waals surface area contributed by atoms with Gasteiger partial charge < -0.3 is 10.5 Å². The Bertz CT molecular complexity index is 486. The molecule has 1 aliphatic heterocycles. The number of hydrogen-bond acceptors (Lipinski definition) is 3. The van der Waals surface area contributed by atoms with Crippen LogP contribution in [0.15, 0.2) is 24.3 Å². The highest BCUT2D eigenvalue weighted by atomic mass is 16.5. The molecule has 1 aliphatic rings. The Morgan fingerprint density at radius 1 is 1.29 bits per heavy atom. The van der Waals surface area contributed by atoms with Gasteiger partial charge in [0, 0.05) is 24.2 Å². The van der Waals surface area contributed by atoms with Gasteiger partial charge in [-0.25, -0.2) is 0 Å². The highest BCUT2D eigenvalue weighted by Gasteiger charge is 2.28. The van der Waals surface area contributed by atoms with E-state index in [0.717, 1.165) is 30.5 Å². The van der Waals surface area contributed by atoms with Crippen LogP contribution in [0.2, 0.25) is 0 Å². The maximum absolute atomic E-state index is 5.85. The SMILES string of the molecule is CCC1CCC(C)N1CCOc1ccc(C#CCN)cc1. The summed E-state index contributed by atoms with van der Waals surface area (Å²) in [4.78, 5) is 2.58. The second kappa shape index (κ2) is 8.07. The summed E-state index contributed by atoms with van der Waals surface area (Å²) < 4.78 is 5.85. The highest BCUT2D eigenvalue weighted by molar-refractivity contribution is 5.38. The minimum atomic E-state index is 0.394. The standard InChI is InChI=1S/C18H26N2O/c1-3-17-9-6-15(2)20(17)13-14-21-18-10-7-16(8-11-18)5-4-12-19/h7-8,10-11,15,17H,3,6,9,12-14,19H2,1-2H3. The number of benzene rings is 1. The van der Waals surface area contributed by atoms with Crippen molar-refractivity contribution >= 4 is 0 Å². The molecule has 1 heterocycles. The molecule has 2 rings (SSSR count). The van der Waals surface area contributed by atoms with Crippen molar-refractivity contribution in [3.05, 3.63) is 29.8 Å². The molecule has 0 amide bonds. The fourth-order valence-electron chi connectivity index (χ4n) is 3.02. The first-order valence-corrected chi connectivity index (χ1v) is 7.92. The molecular formula is C18H26N2O. The third-order valence-corrected chi connectivity index (χ3v) is 4.23. The Hall–Kier alpha value is -1.50. The van der Waals surface area contributed by atoms with E-state index in [1.807, 2.05) is 24.3 Å². The topological polar surface area (TPSA) is 38.5 Å². The summed E-state index contributed by atoms with van der Waals surface area (Å²) in [5.74, 6) is 6.77. The number of ether oxygens (including phenoxy) is 1. The maximum atomic E-state index is 5.85. The van der Waals surface area contributed by atoms with Crippen LogP contribution in [-0.4, -0.2) is 36.7 Å². The number of rotatable bonds is 5. The van der Waals surface area contributed by atoms with Gasteiger partial charge >= 0.3 is 0 Å². The van der Waals surface area contributed by atoms with E-state index < -0.39 is 0 Å². The van der Waals surface area contributed by atoms with Crippen molar-refractivity contribution in [1.82, 2.24) is 4.90 Å². The van der Waals surface area contributed by atoms with Crippen LogP contribution in [0.1, 0.15) is 38.7 Å². The van der Waals surface area contributed by atoms with E-state index in [4.69, 9.17) is 10.5 Å². The van der Waals surface area contributed by atoms with Crippen LogP contribution >= 0.6 is 0 Å². The molecule has 2 N–H and O–H groups in total. The zero-order chi connectivity index (χ0) is 15.1. The second-order valence-corrected chi connectivity index (χ2v) is 5.61. The fraction of sp³-hybridized carbons (Fsp3) is 0.556. The molecule has 0 radical (unpaired) electrons. The molecule has 114 valence electrons. The van der Waals surface area contributed by atoms with Crippen molar-refractivity contribution in [3.8, 4) is 17.6 Å². The molecule has 21 heavy (non-hydrogen) atoms. The Kier molecular flexibility index (Phi) is 6.10. The third kappa shape index (κ3) is 4.49. The average Bonchev–Trinajstić information content (AvgIpc) is 2.87. The first kappa shape index (κ1) is 15.9. The summed E-state index contributed by atoms with van der Waals surface area (Å²) >= 11 is 0. The summed E-state index contributed by atoms with van der Waals surface area (Å²) in [6.45, 7) is 6.74. The summed E-state index contributed by atoms with van der Waals surface area (Å²) in [6, 6.07) is 9.33.